The SMILES string of the molecule is Cc1cccc(Cl)c1NC(=O)c1cnc(Nc2cccc(C(=O)N3CC[C@H](CC(=O)O)C3)c2)s1. The maximum absolute atomic E-state index is 12.9. The Morgan fingerprint density at radius 2 is 2.03 bits per heavy atom. The molecule has 3 N–H and O–H groups in total. The van der Waals surface area contributed by atoms with E-state index in [2.05, 4.69) is 15.6 Å². The number of nitrogens with one attached hydrogen (secondary N) is 2. The molecule has 1 aliphatic heterocycles. The molecule has 2 aromatic carbocycles. The lowest BCUT2D eigenvalue weighted by atomic mass is 10.1. The molecule has 2 heterocycles. The molecule has 1 aliphatic rings. The van der Waals surface area contributed by atoms with Gasteiger partial charge in [-0.1, -0.05) is 41.1 Å². The molecule has 1 saturated heterocycles. The zero-order chi connectivity index (χ0) is 24.2. The molecule has 1 fully saturated rings. The maximum atomic E-state index is 12.9. The number of rotatable bonds is 7. The van der Waals surface area contributed by atoms with E-state index in [0.29, 0.717) is 51.5 Å². The van der Waals surface area contributed by atoms with Crippen LogP contribution in [0.15, 0.2) is 48.7 Å². The van der Waals surface area contributed by atoms with Gasteiger partial charge < -0.3 is 20.6 Å². The molecule has 8 nitrogen and oxygen atoms in total. The second-order valence-electron chi connectivity index (χ2n) is 8.13. The summed E-state index contributed by atoms with van der Waals surface area (Å²) in [5, 5.41) is 15.9. The van der Waals surface area contributed by atoms with E-state index in [1.54, 1.807) is 29.2 Å². The molecule has 176 valence electrons. The molecular formula is C24H23ClN4O4S. The van der Waals surface area contributed by atoms with Crippen LogP contribution in [0.25, 0.3) is 0 Å². The van der Waals surface area contributed by atoms with Crippen LogP contribution in [0.2, 0.25) is 5.02 Å². The van der Waals surface area contributed by atoms with Gasteiger partial charge in [-0.05, 0) is 49.1 Å². The van der Waals surface area contributed by atoms with Crippen molar-refractivity contribution < 1.29 is 19.5 Å². The summed E-state index contributed by atoms with van der Waals surface area (Å²) in [6.45, 7) is 2.85. The number of thiazole rings is 1. The molecule has 4 rings (SSSR count). The quantitative estimate of drug-likeness (QED) is 0.421. The van der Waals surface area contributed by atoms with Gasteiger partial charge >= 0.3 is 5.97 Å². The second kappa shape index (κ2) is 10.2. The zero-order valence-corrected chi connectivity index (χ0v) is 19.9. The lowest BCUT2D eigenvalue weighted by Crippen LogP contribution is -2.29. The molecule has 0 radical (unpaired) electrons. The van der Waals surface area contributed by atoms with Crippen LogP contribution in [0.1, 0.15) is 38.4 Å². The molecule has 0 aliphatic carbocycles. The number of para-hydroxylation sites is 1. The van der Waals surface area contributed by atoms with Gasteiger partial charge in [-0.2, -0.15) is 0 Å². The van der Waals surface area contributed by atoms with Crippen molar-refractivity contribution in [3.63, 3.8) is 0 Å². The Hall–Kier alpha value is -3.43. The number of aromatic nitrogens is 1. The number of benzene rings is 2. The molecule has 0 unspecified atom stereocenters. The van der Waals surface area contributed by atoms with Crippen molar-refractivity contribution in [2.45, 2.75) is 19.8 Å². The number of hydrogen-bond acceptors (Lipinski definition) is 6. The molecular weight excluding hydrogens is 476 g/mol. The first-order valence-corrected chi connectivity index (χ1v) is 11.9. The number of aliphatic carboxylic acids is 1. The smallest absolute Gasteiger partial charge is 0.303 e. The summed E-state index contributed by atoms with van der Waals surface area (Å²) < 4.78 is 0. The van der Waals surface area contributed by atoms with Gasteiger partial charge in [-0.15, -0.1) is 0 Å². The van der Waals surface area contributed by atoms with E-state index in [4.69, 9.17) is 16.7 Å². The topological polar surface area (TPSA) is 112 Å². The van der Waals surface area contributed by atoms with Crippen molar-refractivity contribution in [2.24, 2.45) is 5.92 Å². The summed E-state index contributed by atoms with van der Waals surface area (Å²) in [6, 6.07) is 12.4. The number of aryl methyl sites for hydroxylation is 1. The summed E-state index contributed by atoms with van der Waals surface area (Å²) >= 11 is 7.38. The second-order valence-corrected chi connectivity index (χ2v) is 9.56. The summed E-state index contributed by atoms with van der Waals surface area (Å²) in [5.41, 5.74) is 2.59. The Morgan fingerprint density at radius 3 is 2.79 bits per heavy atom. The lowest BCUT2D eigenvalue weighted by Gasteiger charge is -2.17. The van der Waals surface area contributed by atoms with E-state index in [0.717, 1.165) is 5.56 Å². The highest BCUT2D eigenvalue weighted by Gasteiger charge is 2.28. The van der Waals surface area contributed by atoms with Gasteiger partial charge in [0.2, 0.25) is 0 Å². The van der Waals surface area contributed by atoms with Crippen molar-refractivity contribution in [3.05, 3.63) is 69.7 Å². The Bertz CT molecular complexity index is 1220. The van der Waals surface area contributed by atoms with Crippen LogP contribution in [0.4, 0.5) is 16.5 Å². The number of likely N-dealkylation sites (tertiary alicyclic amines) is 1. The van der Waals surface area contributed by atoms with Gasteiger partial charge in [-0.25, -0.2) is 4.98 Å². The number of amides is 2. The standard InChI is InChI=1S/C24H23ClN4O4S/c1-14-4-2-7-18(25)21(14)28-22(32)19-12-26-24(34-19)27-17-6-3-5-16(11-17)23(33)29-9-8-15(13-29)10-20(30)31/h2-7,11-12,15H,8-10,13H2,1H3,(H,26,27)(H,28,32)(H,30,31)/t15-/m1/s1. The average molecular weight is 499 g/mol. The third-order valence-electron chi connectivity index (χ3n) is 5.59. The first-order valence-electron chi connectivity index (χ1n) is 10.7. The van der Waals surface area contributed by atoms with Crippen LogP contribution >= 0.6 is 22.9 Å². The zero-order valence-electron chi connectivity index (χ0n) is 18.4. The minimum absolute atomic E-state index is 0.0165. The molecule has 0 spiro atoms. The number of nitrogens with zero attached hydrogens (tertiary/aromatic N) is 2. The van der Waals surface area contributed by atoms with Gasteiger partial charge in [0.15, 0.2) is 5.13 Å². The van der Waals surface area contributed by atoms with Crippen LogP contribution in [-0.4, -0.2) is 45.9 Å². The predicted octanol–water partition coefficient (Wildman–Crippen LogP) is 5.04. The van der Waals surface area contributed by atoms with E-state index in [-0.39, 0.29) is 24.2 Å². The third-order valence-corrected chi connectivity index (χ3v) is 6.81. The van der Waals surface area contributed by atoms with Crippen molar-refractivity contribution in [3.8, 4) is 0 Å². The molecule has 1 aromatic heterocycles. The largest absolute Gasteiger partial charge is 0.481 e. The molecule has 34 heavy (non-hydrogen) atoms. The third kappa shape index (κ3) is 5.55. The number of hydrogen-bond donors (Lipinski definition) is 3. The summed E-state index contributed by atoms with van der Waals surface area (Å²) in [5.74, 6) is -1.30. The van der Waals surface area contributed by atoms with E-state index in [9.17, 15) is 14.4 Å². The fourth-order valence-electron chi connectivity index (χ4n) is 3.87. The molecule has 2 amide bonds. The molecule has 3 aromatic rings. The summed E-state index contributed by atoms with van der Waals surface area (Å²) in [4.78, 5) is 42.8. The predicted molar refractivity (Wildman–Crippen MR) is 132 cm³/mol. The monoisotopic (exact) mass is 498 g/mol. The molecule has 0 saturated carbocycles. The van der Waals surface area contributed by atoms with E-state index in [1.807, 2.05) is 25.1 Å². The normalized spacial score (nSPS) is 15.2. The van der Waals surface area contributed by atoms with E-state index >= 15 is 0 Å². The van der Waals surface area contributed by atoms with Crippen molar-refractivity contribution in [1.29, 1.82) is 0 Å². The Morgan fingerprint density at radius 1 is 1.24 bits per heavy atom. The highest BCUT2D eigenvalue weighted by molar-refractivity contribution is 7.17. The number of carbonyl (C=O) groups excluding carboxylic acids is 2. The minimum Gasteiger partial charge on any atom is -0.481 e. The van der Waals surface area contributed by atoms with Crippen molar-refractivity contribution in [1.82, 2.24) is 9.88 Å². The van der Waals surface area contributed by atoms with Gasteiger partial charge in [0, 0.05) is 30.8 Å². The van der Waals surface area contributed by atoms with Crippen LogP contribution in [0.3, 0.4) is 0 Å². The van der Waals surface area contributed by atoms with Gasteiger partial charge in [0.1, 0.15) is 4.88 Å². The number of carboxylic acid groups (broad SMARTS) is 1. The molecule has 0 bridgehead atoms. The molecule has 10 heteroatoms. The first kappa shape index (κ1) is 23.7. The van der Waals surface area contributed by atoms with Crippen LogP contribution in [-0.2, 0) is 4.79 Å². The maximum Gasteiger partial charge on any atom is 0.303 e. The van der Waals surface area contributed by atoms with Gasteiger partial charge in [0.05, 0.1) is 16.9 Å². The van der Waals surface area contributed by atoms with Crippen LogP contribution < -0.4 is 10.6 Å². The van der Waals surface area contributed by atoms with Gasteiger partial charge in [0.25, 0.3) is 11.8 Å². The number of carboxylic acids is 1. The van der Waals surface area contributed by atoms with Crippen LogP contribution in [0, 0.1) is 12.8 Å². The fraction of sp³-hybridized carbons (Fsp3) is 0.250. The summed E-state index contributed by atoms with van der Waals surface area (Å²) in [7, 11) is 0. The average Bonchev–Trinajstić information content (AvgIpc) is 3.45. The highest BCUT2D eigenvalue weighted by Crippen LogP contribution is 2.28. The van der Waals surface area contributed by atoms with E-state index in [1.165, 1.54) is 17.5 Å². The van der Waals surface area contributed by atoms with E-state index < -0.39 is 5.97 Å². The van der Waals surface area contributed by atoms with Crippen LogP contribution in [0.5, 0.6) is 0 Å². The van der Waals surface area contributed by atoms with Gasteiger partial charge in [-0.3, -0.25) is 14.4 Å². The van der Waals surface area contributed by atoms with Crippen molar-refractivity contribution in [2.75, 3.05) is 23.7 Å². The Kier molecular flexibility index (Phi) is 7.14. The number of anilines is 3. The Balaban J connectivity index is 1.41. The highest BCUT2D eigenvalue weighted by atomic mass is 35.5. The minimum atomic E-state index is -0.844. The number of halogens is 1. The fourth-order valence-corrected chi connectivity index (χ4v) is 4.87. The first-order chi connectivity index (χ1) is 16.3. The summed E-state index contributed by atoms with van der Waals surface area (Å²) in [6.07, 6.45) is 2.24. The Labute approximate surface area is 205 Å². The number of carbonyl (C=O) groups is 3. The van der Waals surface area contributed by atoms with Crippen molar-refractivity contribution >= 4 is 57.2 Å². The lowest BCUT2D eigenvalue weighted by molar-refractivity contribution is -0.138. The molecule has 1 atom stereocenters.